The maximum Gasteiger partial charge on any atom is 0.128 e. The van der Waals surface area contributed by atoms with Gasteiger partial charge in [-0.2, -0.15) is 0 Å². The highest BCUT2D eigenvalue weighted by molar-refractivity contribution is 5.49. The van der Waals surface area contributed by atoms with Crippen LogP contribution in [0, 0.1) is 6.92 Å². The normalized spacial score (nSPS) is 11.5. The Balaban J connectivity index is 2.66. The van der Waals surface area contributed by atoms with Crippen molar-refractivity contribution in [1.82, 2.24) is 5.32 Å². The van der Waals surface area contributed by atoms with E-state index in [1.807, 2.05) is 26.8 Å². The smallest absolute Gasteiger partial charge is 0.128 e. The zero-order valence-corrected chi connectivity index (χ0v) is 12.7. The van der Waals surface area contributed by atoms with Crippen molar-refractivity contribution < 1.29 is 9.47 Å². The molecule has 3 N–H and O–H groups in total. The van der Waals surface area contributed by atoms with Gasteiger partial charge in [-0.25, -0.2) is 0 Å². The Hall–Kier alpha value is -1.26. The molecular formula is C15H26N2O2. The molecule has 0 saturated heterocycles. The van der Waals surface area contributed by atoms with E-state index in [0.717, 1.165) is 36.6 Å². The Morgan fingerprint density at radius 2 is 1.89 bits per heavy atom. The van der Waals surface area contributed by atoms with Crippen molar-refractivity contribution in [3.63, 3.8) is 0 Å². The highest BCUT2D eigenvalue weighted by Gasteiger charge is 2.12. The van der Waals surface area contributed by atoms with E-state index < -0.39 is 0 Å². The van der Waals surface area contributed by atoms with E-state index in [2.05, 4.69) is 11.4 Å². The van der Waals surface area contributed by atoms with Crippen LogP contribution < -0.4 is 20.5 Å². The second-order valence-corrected chi connectivity index (χ2v) is 5.50. The van der Waals surface area contributed by atoms with E-state index in [1.54, 1.807) is 14.2 Å². The molecule has 0 aliphatic heterocycles. The molecule has 0 aromatic heterocycles. The lowest BCUT2D eigenvalue weighted by Gasteiger charge is -2.19. The molecule has 108 valence electrons. The minimum atomic E-state index is -0.181. The summed E-state index contributed by atoms with van der Waals surface area (Å²) in [5, 5.41) is 3.36. The Labute approximate surface area is 116 Å². The molecule has 0 fully saturated rings. The molecule has 19 heavy (non-hydrogen) atoms. The molecule has 0 bridgehead atoms. The van der Waals surface area contributed by atoms with Gasteiger partial charge in [0.05, 0.1) is 14.2 Å². The Morgan fingerprint density at radius 3 is 2.42 bits per heavy atom. The van der Waals surface area contributed by atoms with Gasteiger partial charge in [0.1, 0.15) is 11.5 Å². The van der Waals surface area contributed by atoms with E-state index >= 15 is 0 Å². The average Bonchev–Trinajstić information content (AvgIpc) is 2.33. The van der Waals surface area contributed by atoms with Crippen LogP contribution in [0.15, 0.2) is 12.1 Å². The van der Waals surface area contributed by atoms with Gasteiger partial charge in [0, 0.05) is 17.6 Å². The molecule has 0 atom stereocenters. The standard InChI is InChI=1S/C15H26N2O2/c1-11-13(18-4)7-6-12(14(11)19-5)8-9-17-10-15(2,3)16/h6-7,17H,8-10,16H2,1-5H3. The van der Waals surface area contributed by atoms with Crippen LogP contribution in [0.2, 0.25) is 0 Å². The summed E-state index contributed by atoms with van der Waals surface area (Å²) in [6.07, 6.45) is 0.907. The fourth-order valence-electron chi connectivity index (χ4n) is 2.07. The molecule has 4 nitrogen and oxygen atoms in total. The molecule has 0 radical (unpaired) electrons. The molecule has 0 aliphatic rings. The minimum Gasteiger partial charge on any atom is -0.496 e. The fourth-order valence-corrected chi connectivity index (χ4v) is 2.07. The largest absolute Gasteiger partial charge is 0.496 e. The highest BCUT2D eigenvalue weighted by atomic mass is 16.5. The van der Waals surface area contributed by atoms with Crippen molar-refractivity contribution in [2.24, 2.45) is 5.73 Å². The van der Waals surface area contributed by atoms with E-state index in [4.69, 9.17) is 15.2 Å². The second-order valence-electron chi connectivity index (χ2n) is 5.50. The number of hydrogen-bond donors (Lipinski definition) is 2. The maximum absolute atomic E-state index is 5.93. The average molecular weight is 266 g/mol. The predicted octanol–water partition coefficient (Wildman–Crippen LogP) is 1.88. The Bertz CT molecular complexity index is 411. The summed E-state index contributed by atoms with van der Waals surface area (Å²) in [4.78, 5) is 0. The van der Waals surface area contributed by atoms with Crippen LogP contribution in [0.3, 0.4) is 0 Å². The molecule has 0 unspecified atom stereocenters. The lowest BCUT2D eigenvalue weighted by atomic mass is 10.0. The van der Waals surface area contributed by atoms with Crippen LogP contribution in [0.4, 0.5) is 0 Å². The van der Waals surface area contributed by atoms with Gasteiger partial charge in [0.15, 0.2) is 0 Å². The van der Waals surface area contributed by atoms with E-state index in [0.29, 0.717) is 0 Å². The molecule has 1 aromatic rings. The van der Waals surface area contributed by atoms with Gasteiger partial charge in [-0.15, -0.1) is 0 Å². The van der Waals surface area contributed by atoms with Crippen LogP contribution in [-0.4, -0.2) is 32.8 Å². The van der Waals surface area contributed by atoms with Crippen molar-refractivity contribution in [2.75, 3.05) is 27.3 Å². The van der Waals surface area contributed by atoms with Gasteiger partial charge >= 0.3 is 0 Å². The fraction of sp³-hybridized carbons (Fsp3) is 0.600. The van der Waals surface area contributed by atoms with Gasteiger partial charge in [-0.05, 0) is 45.4 Å². The first-order chi connectivity index (χ1) is 8.89. The number of benzene rings is 1. The summed E-state index contributed by atoms with van der Waals surface area (Å²) < 4.78 is 10.8. The maximum atomic E-state index is 5.93. The van der Waals surface area contributed by atoms with E-state index in [9.17, 15) is 0 Å². The zero-order valence-electron chi connectivity index (χ0n) is 12.7. The zero-order chi connectivity index (χ0) is 14.5. The van der Waals surface area contributed by atoms with Gasteiger partial charge in [0.25, 0.3) is 0 Å². The first kappa shape index (κ1) is 15.8. The SMILES string of the molecule is COc1ccc(CCNCC(C)(C)N)c(OC)c1C. The third-order valence-electron chi connectivity index (χ3n) is 3.01. The highest BCUT2D eigenvalue weighted by Crippen LogP contribution is 2.31. The summed E-state index contributed by atoms with van der Waals surface area (Å²) in [6, 6.07) is 4.04. The van der Waals surface area contributed by atoms with Gasteiger partial charge in [-0.3, -0.25) is 0 Å². The van der Waals surface area contributed by atoms with Crippen LogP contribution in [-0.2, 0) is 6.42 Å². The van der Waals surface area contributed by atoms with E-state index in [1.165, 1.54) is 5.56 Å². The summed E-state index contributed by atoms with van der Waals surface area (Å²) in [5.74, 6) is 1.77. The topological polar surface area (TPSA) is 56.5 Å². The second kappa shape index (κ2) is 6.78. The van der Waals surface area contributed by atoms with Crippen molar-refractivity contribution >= 4 is 0 Å². The molecule has 0 spiro atoms. The number of rotatable bonds is 7. The predicted molar refractivity (Wildman–Crippen MR) is 79.1 cm³/mol. The quantitative estimate of drug-likeness (QED) is 0.740. The number of ether oxygens (including phenoxy) is 2. The minimum absolute atomic E-state index is 0.181. The van der Waals surface area contributed by atoms with Gasteiger partial charge < -0.3 is 20.5 Å². The van der Waals surface area contributed by atoms with Gasteiger partial charge in [-0.1, -0.05) is 6.07 Å². The first-order valence-electron chi connectivity index (χ1n) is 6.59. The third kappa shape index (κ3) is 4.73. The molecule has 1 aromatic carbocycles. The van der Waals surface area contributed by atoms with Crippen LogP contribution in [0.1, 0.15) is 25.0 Å². The lowest BCUT2D eigenvalue weighted by Crippen LogP contribution is -2.43. The molecule has 0 heterocycles. The van der Waals surface area contributed by atoms with Crippen LogP contribution in [0.5, 0.6) is 11.5 Å². The lowest BCUT2D eigenvalue weighted by molar-refractivity contribution is 0.384. The summed E-state index contributed by atoms with van der Waals surface area (Å²) in [5.41, 5.74) is 7.98. The molecule has 0 aliphatic carbocycles. The number of methoxy groups -OCH3 is 2. The molecule has 1 rings (SSSR count). The first-order valence-corrected chi connectivity index (χ1v) is 6.59. The molecule has 4 heteroatoms. The number of nitrogens with two attached hydrogens (primary N) is 1. The van der Waals surface area contributed by atoms with E-state index in [-0.39, 0.29) is 5.54 Å². The van der Waals surface area contributed by atoms with Crippen molar-refractivity contribution in [1.29, 1.82) is 0 Å². The Morgan fingerprint density at radius 1 is 1.21 bits per heavy atom. The summed E-state index contributed by atoms with van der Waals surface area (Å²) in [7, 11) is 3.37. The van der Waals surface area contributed by atoms with Gasteiger partial charge in [0.2, 0.25) is 0 Å². The third-order valence-corrected chi connectivity index (χ3v) is 3.01. The molecular weight excluding hydrogens is 240 g/mol. The van der Waals surface area contributed by atoms with Crippen LogP contribution >= 0.6 is 0 Å². The van der Waals surface area contributed by atoms with Crippen molar-refractivity contribution in [2.45, 2.75) is 32.7 Å². The summed E-state index contributed by atoms with van der Waals surface area (Å²) >= 11 is 0. The van der Waals surface area contributed by atoms with Crippen molar-refractivity contribution in [3.05, 3.63) is 23.3 Å². The molecule has 0 saturated carbocycles. The monoisotopic (exact) mass is 266 g/mol. The van der Waals surface area contributed by atoms with Crippen molar-refractivity contribution in [3.8, 4) is 11.5 Å². The van der Waals surface area contributed by atoms with Crippen LogP contribution in [0.25, 0.3) is 0 Å². The number of nitrogens with one attached hydrogen (secondary N) is 1. The Kier molecular flexibility index (Phi) is 5.63. The number of hydrogen-bond acceptors (Lipinski definition) is 4. The summed E-state index contributed by atoms with van der Waals surface area (Å²) in [6.45, 7) is 7.71. The molecule has 0 amide bonds.